The van der Waals surface area contributed by atoms with Crippen LogP contribution in [0.5, 0.6) is 17.2 Å². The van der Waals surface area contributed by atoms with Gasteiger partial charge in [0, 0.05) is 22.8 Å². The van der Waals surface area contributed by atoms with Gasteiger partial charge in [0.2, 0.25) is 0 Å². The summed E-state index contributed by atoms with van der Waals surface area (Å²) in [5.41, 5.74) is 4.93. The summed E-state index contributed by atoms with van der Waals surface area (Å²) in [6, 6.07) is 22.4. The molecule has 0 aromatic heterocycles. The zero-order valence-corrected chi connectivity index (χ0v) is 24.3. The van der Waals surface area contributed by atoms with Gasteiger partial charge in [-0.25, -0.2) is 4.79 Å². The molecule has 1 fully saturated rings. The van der Waals surface area contributed by atoms with Crippen LogP contribution in [0.15, 0.2) is 78.9 Å². The summed E-state index contributed by atoms with van der Waals surface area (Å²) in [5, 5.41) is 9.34. The number of carboxylic acids is 1. The summed E-state index contributed by atoms with van der Waals surface area (Å²) in [5.74, 6) is 0.941. The molecule has 0 saturated carbocycles. The van der Waals surface area contributed by atoms with Gasteiger partial charge in [-0.3, -0.25) is 0 Å². The maximum Gasteiger partial charge on any atom is 0.341 e. The van der Waals surface area contributed by atoms with E-state index in [4.69, 9.17) is 18.9 Å². The molecule has 6 heteroatoms. The van der Waals surface area contributed by atoms with Gasteiger partial charge in [-0.05, 0) is 61.2 Å². The summed E-state index contributed by atoms with van der Waals surface area (Å²) in [4.78, 5) is 11.4. The van der Waals surface area contributed by atoms with Crippen LogP contribution in [0.4, 0.5) is 0 Å². The number of aliphatic carboxylic acids is 1. The second-order valence-electron chi connectivity index (χ2n) is 11.1. The maximum atomic E-state index is 11.4. The Morgan fingerprint density at radius 3 is 2.27 bits per heavy atom. The van der Waals surface area contributed by atoms with Crippen molar-refractivity contribution in [3.8, 4) is 17.2 Å². The molecule has 0 spiro atoms. The predicted molar refractivity (Wildman–Crippen MR) is 157 cm³/mol. The highest BCUT2D eigenvalue weighted by atomic mass is 16.5. The molecular formula is C34H40O6. The zero-order valence-electron chi connectivity index (χ0n) is 24.3. The third kappa shape index (κ3) is 6.02. The van der Waals surface area contributed by atoms with Crippen molar-refractivity contribution in [1.29, 1.82) is 0 Å². The van der Waals surface area contributed by atoms with Crippen LogP contribution in [0.1, 0.15) is 68.4 Å². The number of rotatable bonds is 10. The lowest BCUT2D eigenvalue weighted by Crippen LogP contribution is -2.35. The SMILES string of the molecule is C=C(C)[C@H]1C[C@H](c2ccc(OC)c(OC)c2)[C@H](C)O[C@@H]1c1cc(C(C)(C)c2ccccc2)ccc1OCC(=O)O. The molecule has 40 heavy (non-hydrogen) atoms. The van der Waals surface area contributed by atoms with Gasteiger partial charge in [0.15, 0.2) is 18.1 Å². The first-order valence-corrected chi connectivity index (χ1v) is 13.6. The molecule has 1 aliphatic heterocycles. The van der Waals surface area contributed by atoms with Crippen LogP contribution in [0.3, 0.4) is 0 Å². The van der Waals surface area contributed by atoms with Crippen LogP contribution in [0.2, 0.25) is 0 Å². The van der Waals surface area contributed by atoms with E-state index >= 15 is 0 Å². The molecule has 0 unspecified atom stereocenters. The molecule has 0 aliphatic carbocycles. The fourth-order valence-corrected chi connectivity index (χ4v) is 5.70. The lowest BCUT2D eigenvalue weighted by atomic mass is 9.74. The molecule has 212 valence electrons. The van der Waals surface area contributed by atoms with Crippen LogP contribution >= 0.6 is 0 Å². The van der Waals surface area contributed by atoms with Gasteiger partial charge in [-0.2, -0.15) is 0 Å². The third-order valence-corrected chi connectivity index (χ3v) is 8.15. The molecule has 1 aliphatic rings. The van der Waals surface area contributed by atoms with E-state index in [1.54, 1.807) is 14.2 Å². The summed E-state index contributed by atoms with van der Waals surface area (Å²) in [7, 11) is 3.26. The normalized spacial score (nSPS) is 20.9. The number of ether oxygens (including phenoxy) is 4. The molecule has 4 rings (SSSR count). The van der Waals surface area contributed by atoms with Gasteiger partial charge < -0.3 is 24.1 Å². The summed E-state index contributed by atoms with van der Waals surface area (Å²) < 4.78 is 23.6. The number of benzene rings is 3. The van der Waals surface area contributed by atoms with Crippen LogP contribution in [0, 0.1) is 5.92 Å². The molecular weight excluding hydrogens is 504 g/mol. The van der Waals surface area contributed by atoms with Crippen molar-refractivity contribution in [2.75, 3.05) is 20.8 Å². The Morgan fingerprint density at radius 2 is 1.65 bits per heavy atom. The lowest BCUT2D eigenvalue weighted by molar-refractivity contribution is -0.139. The zero-order chi connectivity index (χ0) is 29.0. The Bertz CT molecular complexity index is 1350. The molecule has 6 nitrogen and oxygen atoms in total. The first-order chi connectivity index (χ1) is 19.1. The molecule has 1 saturated heterocycles. The summed E-state index contributed by atoms with van der Waals surface area (Å²) >= 11 is 0. The minimum atomic E-state index is -1.03. The van der Waals surface area contributed by atoms with Gasteiger partial charge in [-0.1, -0.05) is 68.5 Å². The van der Waals surface area contributed by atoms with E-state index in [2.05, 4.69) is 51.6 Å². The van der Waals surface area contributed by atoms with Gasteiger partial charge >= 0.3 is 5.97 Å². The van der Waals surface area contributed by atoms with Crippen molar-refractivity contribution >= 4 is 5.97 Å². The summed E-state index contributed by atoms with van der Waals surface area (Å²) in [6.07, 6.45) is 0.331. The monoisotopic (exact) mass is 544 g/mol. The first kappa shape index (κ1) is 29.2. The molecule has 0 bridgehead atoms. The van der Waals surface area contributed by atoms with Gasteiger partial charge in [0.25, 0.3) is 0 Å². The highest BCUT2D eigenvalue weighted by Crippen LogP contribution is 2.49. The fourth-order valence-electron chi connectivity index (χ4n) is 5.70. The largest absolute Gasteiger partial charge is 0.493 e. The molecule has 3 aromatic rings. The quantitative estimate of drug-likeness (QED) is 0.270. The van der Waals surface area contributed by atoms with Crippen molar-refractivity contribution < 1.29 is 28.8 Å². The van der Waals surface area contributed by atoms with Crippen LogP contribution < -0.4 is 14.2 Å². The average molecular weight is 545 g/mol. The van der Waals surface area contributed by atoms with Crippen molar-refractivity contribution in [2.45, 2.75) is 57.7 Å². The van der Waals surface area contributed by atoms with Crippen molar-refractivity contribution in [1.82, 2.24) is 0 Å². The van der Waals surface area contributed by atoms with Gasteiger partial charge in [0.05, 0.1) is 26.4 Å². The maximum absolute atomic E-state index is 11.4. The molecule has 1 N–H and O–H groups in total. The standard InChI is InChI=1S/C34H40O6/c1-21(2)26-19-27(23-13-15-30(37-6)31(17-23)38-7)22(3)40-33(26)28-18-25(14-16-29(28)39-20-32(35)36)34(4,5)24-11-9-8-10-12-24/h8-18,22,26-27,33H,1,19-20H2,2-7H3,(H,35,36)/t22-,26+,27-,33-/m0/s1. The summed E-state index contributed by atoms with van der Waals surface area (Å²) in [6.45, 7) is 12.4. The fraction of sp³-hybridized carbons (Fsp3) is 0.382. The topological polar surface area (TPSA) is 74.2 Å². The molecule has 0 radical (unpaired) electrons. The predicted octanol–water partition coefficient (Wildman–Crippen LogP) is 7.32. The second-order valence-corrected chi connectivity index (χ2v) is 11.1. The third-order valence-electron chi connectivity index (χ3n) is 8.15. The van der Waals surface area contributed by atoms with E-state index in [0.717, 1.165) is 28.7 Å². The Kier molecular flexibility index (Phi) is 8.89. The number of methoxy groups -OCH3 is 2. The Labute approximate surface area is 237 Å². The minimum absolute atomic E-state index is 0.0171. The Balaban J connectivity index is 1.75. The van der Waals surface area contributed by atoms with E-state index in [9.17, 15) is 9.90 Å². The lowest BCUT2D eigenvalue weighted by Gasteiger charge is -2.42. The Hall–Kier alpha value is -3.77. The van der Waals surface area contributed by atoms with Crippen molar-refractivity contribution in [3.05, 3.63) is 101 Å². The average Bonchev–Trinajstić information content (AvgIpc) is 2.95. The van der Waals surface area contributed by atoms with E-state index < -0.39 is 12.6 Å². The van der Waals surface area contributed by atoms with Crippen LogP contribution in [0.25, 0.3) is 0 Å². The highest BCUT2D eigenvalue weighted by Gasteiger charge is 2.40. The molecule has 4 atom stereocenters. The van der Waals surface area contributed by atoms with E-state index in [0.29, 0.717) is 17.2 Å². The Morgan fingerprint density at radius 1 is 0.975 bits per heavy atom. The molecule has 0 amide bonds. The number of hydrogen-bond acceptors (Lipinski definition) is 5. The van der Waals surface area contributed by atoms with Crippen LogP contribution in [-0.2, 0) is 14.9 Å². The first-order valence-electron chi connectivity index (χ1n) is 13.6. The highest BCUT2D eigenvalue weighted by molar-refractivity contribution is 5.68. The van der Waals surface area contributed by atoms with Crippen molar-refractivity contribution in [3.63, 3.8) is 0 Å². The smallest absolute Gasteiger partial charge is 0.341 e. The van der Waals surface area contributed by atoms with Gasteiger partial charge in [0.1, 0.15) is 5.75 Å². The number of carbonyl (C=O) groups is 1. The molecule has 3 aromatic carbocycles. The van der Waals surface area contributed by atoms with E-state index in [1.165, 1.54) is 5.56 Å². The second kappa shape index (κ2) is 12.2. The van der Waals surface area contributed by atoms with Gasteiger partial charge in [-0.15, -0.1) is 0 Å². The van der Waals surface area contributed by atoms with E-state index in [1.807, 2.05) is 49.4 Å². The van der Waals surface area contributed by atoms with Crippen molar-refractivity contribution in [2.24, 2.45) is 5.92 Å². The minimum Gasteiger partial charge on any atom is -0.493 e. The number of carboxylic acid groups (broad SMARTS) is 1. The van der Waals surface area contributed by atoms with Crippen LogP contribution in [-0.4, -0.2) is 38.0 Å². The molecule has 1 heterocycles. The number of hydrogen-bond donors (Lipinski definition) is 1. The van der Waals surface area contributed by atoms with E-state index in [-0.39, 0.29) is 29.5 Å².